The first kappa shape index (κ1) is 13.3. The third-order valence-corrected chi connectivity index (χ3v) is 4.81. The second kappa shape index (κ2) is 4.86. The maximum absolute atomic E-state index is 12.5. The Balaban J connectivity index is 2.53. The van der Waals surface area contributed by atoms with Crippen LogP contribution in [0.2, 0.25) is 0 Å². The molecule has 0 amide bonds. The molecule has 0 bridgehead atoms. The number of benzene rings is 1. The number of carbonyl (C=O) groups excluding carboxylic acids is 1. The number of hydrogen-bond donors (Lipinski definition) is 1. The minimum absolute atomic E-state index is 0.0316. The van der Waals surface area contributed by atoms with Crippen LogP contribution in [0.1, 0.15) is 31.2 Å². The van der Waals surface area contributed by atoms with Crippen molar-refractivity contribution in [2.75, 3.05) is 5.73 Å². The normalized spacial score (nSPS) is 10.7. The smallest absolute Gasteiger partial charge is 0.204 e. The summed E-state index contributed by atoms with van der Waals surface area (Å²) < 4.78 is 0.855. The van der Waals surface area contributed by atoms with Gasteiger partial charge in [-0.25, -0.2) is 0 Å². The van der Waals surface area contributed by atoms with Gasteiger partial charge in [0.2, 0.25) is 5.78 Å². The fourth-order valence-corrected chi connectivity index (χ4v) is 3.65. The van der Waals surface area contributed by atoms with Gasteiger partial charge >= 0.3 is 0 Å². The van der Waals surface area contributed by atoms with E-state index in [4.69, 9.17) is 5.73 Å². The Hall–Kier alpha value is -1.13. The third-order valence-electron chi connectivity index (χ3n) is 2.87. The summed E-state index contributed by atoms with van der Waals surface area (Å²) >= 11 is 4.93. The lowest BCUT2D eigenvalue weighted by Crippen LogP contribution is -2.04. The predicted molar refractivity (Wildman–Crippen MR) is 80.5 cm³/mol. The minimum Gasteiger partial charge on any atom is -0.398 e. The summed E-state index contributed by atoms with van der Waals surface area (Å²) in [7, 11) is 0. The van der Waals surface area contributed by atoms with Gasteiger partial charge in [-0.2, -0.15) is 0 Å². The molecule has 2 aromatic rings. The van der Waals surface area contributed by atoms with Gasteiger partial charge in [0.15, 0.2) is 0 Å². The highest BCUT2D eigenvalue weighted by Gasteiger charge is 2.18. The van der Waals surface area contributed by atoms with Crippen LogP contribution in [0, 0.1) is 20.8 Å². The number of nitrogen functional groups attached to an aromatic ring is 1. The number of halogens is 1. The molecule has 0 radical (unpaired) electrons. The molecule has 0 aliphatic carbocycles. The average Bonchev–Trinajstić information content (AvgIpc) is 2.62. The third kappa shape index (κ3) is 2.35. The Morgan fingerprint density at radius 1 is 1.17 bits per heavy atom. The van der Waals surface area contributed by atoms with Crippen molar-refractivity contribution >= 4 is 38.7 Å². The number of carbonyl (C=O) groups is 1. The molecule has 4 heteroatoms. The molecule has 1 aromatic heterocycles. The van der Waals surface area contributed by atoms with E-state index in [-0.39, 0.29) is 5.78 Å². The quantitative estimate of drug-likeness (QED) is 0.663. The van der Waals surface area contributed by atoms with Crippen molar-refractivity contribution in [1.29, 1.82) is 0 Å². The monoisotopic (exact) mass is 323 g/mol. The second-order valence-electron chi connectivity index (χ2n) is 4.39. The fourth-order valence-electron chi connectivity index (χ4n) is 1.87. The number of rotatable bonds is 2. The van der Waals surface area contributed by atoms with Gasteiger partial charge < -0.3 is 5.73 Å². The van der Waals surface area contributed by atoms with Gasteiger partial charge in [-0.15, -0.1) is 11.3 Å². The highest BCUT2D eigenvalue weighted by atomic mass is 79.9. The topological polar surface area (TPSA) is 43.1 Å². The molecule has 0 atom stereocenters. The van der Waals surface area contributed by atoms with E-state index in [1.54, 1.807) is 6.07 Å². The van der Waals surface area contributed by atoms with E-state index < -0.39 is 0 Å². The Bertz CT molecular complexity index is 631. The van der Waals surface area contributed by atoms with Crippen LogP contribution in [-0.4, -0.2) is 5.78 Å². The van der Waals surface area contributed by atoms with Crippen LogP contribution >= 0.6 is 27.3 Å². The number of anilines is 1. The van der Waals surface area contributed by atoms with Gasteiger partial charge in [-0.1, -0.05) is 6.07 Å². The molecule has 0 aliphatic rings. The van der Waals surface area contributed by atoms with E-state index in [0.717, 1.165) is 25.4 Å². The van der Waals surface area contributed by atoms with E-state index in [9.17, 15) is 4.79 Å². The zero-order valence-electron chi connectivity index (χ0n) is 10.5. The molecule has 0 aliphatic heterocycles. The molecule has 2 N–H and O–H groups in total. The molecule has 2 nitrogen and oxygen atoms in total. The maximum Gasteiger partial charge on any atom is 0.204 e. The van der Waals surface area contributed by atoms with Crippen molar-refractivity contribution in [3.05, 3.63) is 49.1 Å². The summed E-state index contributed by atoms with van der Waals surface area (Å²) in [6.07, 6.45) is 0. The molecule has 1 heterocycles. The number of thiophene rings is 1. The number of nitrogens with two attached hydrogens (primary N) is 1. The highest BCUT2D eigenvalue weighted by molar-refractivity contribution is 9.10. The van der Waals surface area contributed by atoms with Gasteiger partial charge in [0.05, 0.1) is 4.88 Å². The van der Waals surface area contributed by atoms with Gasteiger partial charge in [0.25, 0.3) is 0 Å². The highest BCUT2D eigenvalue weighted by Crippen LogP contribution is 2.30. The number of aryl methyl sites for hydroxylation is 3. The first-order valence-corrected chi connectivity index (χ1v) is 7.18. The van der Waals surface area contributed by atoms with Gasteiger partial charge in [-0.05, 0) is 60.0 Å². The molecular weight excluding hydrogens is 310 g/mol. The molecule has 0 spiro atoms. The van der Waals surface area contributed by atoms with Gasteiger partial charge in [0.1, 0.15) is 0 Å². The van der Waals surface area contributed by atoms with Crippen molar-refractivity contribution in [1.82, 2.24) is 0 Å². The molecule has 0 unspecified atom stereocenters. The Kier molecular flexibility index (Phi) is 3.59. The Labute approximate surface area is 119 Å². The van der Waals surface area contributed by atoms with Crippen molar-refractivity contribution in [3.8, 4) is 0 Å². The largest absolute Gasteiger partial charge is 0.398 e. The van der Waals surface area contributed by atoms with Crippen molar-refractivity contribution in [2.24, 2.45) is 0 Å². The molecular formula is C14H14BrNOS. The lowest BCUT2D eigenvalue weighted by atomic mass is 10.00. The predicted octanol–water partition coefficient (Wildman–Crippen LogP) is 4.25. The number of hydrogen-bond acceptors (Lipinski definition) is 3. The lowest BCUT2D eigenvalue weighted by molar-refractivity contribution is 0.104. The van der Waals surface area contributed by atoms with Crippen LogP contribution < -0.4 is 5.73 Å². The van der Waals surface area contributed by atoms with Gasteiger partial charge in [0, 0.05) is 20.6 Å². The first-order chi connectivity index (χ1) is 8.40. The molecule has 94 valence electrons. The summed E-state index contributed by atoms with van der Waals surface area (Å²) in [6.45, 7) is 5.87. The fraction of sp³-hybridized carbons (Fsp3) is 0.214. The SMILES string of the molecule is Cc1cc(Br)c(C(=O)c2cc(N)c(C)cc2C)s1. The Morgan fingerprint density at radius 2 is 1.83 bits per heavy atom. The zero-order chi connectivity index (χ0) is 13.4. The summed E-state index contributed by atoms with van der Waals surface area (Å²) in [5, 5.41) is 0. The molecule has 0 saturated heterocycles. The van der Waals surface area contributed by atoms with Crippen LogP contribution in [0.5, 0.6) is 0 Å². The van der Waals surface area contributed by atoms with E-state index in [1.165, 1.54) is 11.3 Å². The van der Waals surface area contributed by atoms with Gasteiger partial charge in [-0.3, -0.25) is 4.79 Å². The summed E-state index contributed by atoms with van der Waals surface area (Å²) in [5.74, 6) is 0.0316. The van der Waals surface area contributed by atoms with Crippen LogP contribution in [0.4, 0.5) is 5.69 Å². The first-order valence-electron chi connectivity index (χ1n) is 5.57. The Morgan fingerprint density at radius 3 is 2.39 bits per heavy atom. The van der Waals surface area contributed by atoms with Crippen LogP contribution in [0.3, 0.4) is 0 Å². The second-order valence-corrected chi connectivity index (χ2v) is 6.50. The van der Waals surface area contributed by atoms with Crippen LogP contribution in [-0.2, 0) is 0 Å². The standard InChI is InChI=1S/C14H14BrNOS/c1-7-4-8(2)12(16)6-10(7)13(17)14-11(15)5-9(3)18-14/h4-6H,16H2,1-3H3. The molecule has 2 rings (SSSR count). The minimum atomic E-state index is 0.0316. The molecule has 0 fully saturated rings. The van der Waals surface area contributed by atoms with E-state index in [2.05, 4.69) is 15.9 Å². The lowest BCUT2D eigenvalue weighted by Gasteiger charge is -2.08. The summed E-state index contributed by atoms with van der Waals surface area (Å²) in [4.78, 5) is 14.3. The zero-order valence-corrected chi connectivity index (χ0v) is 12.9. The average molecular weight is 324 g/mol. The maximum atomic E-state index is 12.5. The summed E-state index contributed by atoms with van der Waals surface area (Å²) in [5.41, 5.74) is 9.20. The number of ketones is 1. The van der Waals surface area contributed by atoms with Crippen LogP contribution in [0.15, 0.2) is 22.7 Å². The molecule has 1 aromatic carbocycles. The van der Waals surface area contributed by atoms with E-state index in [1.807, 2.05) is 32.9 Å². The molecule has 0 saturated carbocycles. The molecule has 18 heavy (non-hydrogen) atoms. The van der Waals surface area contributed by atoms with Crippen LogP contribution in [0.25, 0.3) is 0 Å². The van der Waals surface area contributed by atoms with Crippen molar-refractivity contribution in [3.63, 3.8) is 0 Å². The van der Waals surface area contributed by atoms with E-state index >= 15 is 0 Å². The van der Waals surface area contributed by atoms with E-state index in [0.29, 0.717) is 11.3 Å². The van der Waals surface area contributed by atoms with Crippen molar-refractivity contribution < 1.29 is 4.79 Å². The van der Waals surface area contributed by atoms with Crippen molar-refractivity contribution in [2.45, 2.75) is 20.8 Å². The summed E-state index contributed by atoms with van der Waals surface area (Å²) in [6, 6.07) is 5.69.